The van der Waals surface area contributed by atoms with Crippen LogP contribution in [-0.2, 0) is 4.79 Å². The number of carbonyl (C=O) groups excluding carboxylic acids is 1. The molecule has 1 fully saturated rings. The molecule has 18 heavy (non-hydrogen) atoms. The molecule has 106 valence electrons. The van der Waals surface area contributed by atoms with Crippen molar-refractivity contribution in [3.8, 4) is 0 Å². The van der Waals surface area contributed by atoms with E-state index in [0.29, 0.717) is 12.5 Å². The Labute approximate surface area is 111 Å². The van der Waals surface area contributed by atoms with Crippen LogP contribution in [0.3, 0.4) is 0 Å². The van der Waals surface area contributed by atoms with Crippen molar-refractivity contribution in [1.82, 2.24) is 10.2 Å². The first-order valence-corrected chi connectivity index (χ1v) is 7.28. The molecule has 1 aliphatic rings. The first kappa shape index (κ1) is 15.4. The van der Waals surface area contributed by atoms with Crippen molar-refractivity contribution >= 4 is 5.91 Å². The van der Waals surface area contributed by atoms with Gasteiger partial charge >= 0.3 is 0 Å². The number of aliphatic hydroxyl groups is 1. The summed E-state index contributed by atoms with van der Waals surface area (Å²) in [5.41, 5.74) is 0. The number of hydrogen-bond acceptors (Lipinski definition) is 3. The molecule has 1 aliphatic heterocycles. The third kappa shape index (κ3) is 5.83. The number of amides is 1. The molecule has 2 atom stereocenters. The maximum Gasteiger partial charge on any atom is 0.234 e. The molecular formula is C14H28N2O2. The molecule has 1 heterocycles. The van der Waals surface area contributed by atoms with Gasteiger partial charge in [0.15, 0.2) is 0 Å². The number of likely N-dealkylation sites (tertiary alicyclic amines) is 1. The average molecular weight is 256 g/mol. The molecule has 0 aromatic rings. The molecule has 1 amide bonds. The lowest BCUT2D eigenvalue weighted by molar-refractivity contribution is -0.123. The Hall–Kier alpha value is -0.610. The standard InChI is InChI=1S/C14H28N2O2/c1-3-5-12(2)15-14(18)11-16-8-4-6-13(10-16)7-9-17/h12-13,17H,3-11H2,1-2H3,(H,15,18). The smallest absolute Gasteiger partial charge is 0.234 e. The fourth-order valence-corrected chi connectivity index (χ4v) is 2.74. The highest BCUT2D eigenvalue weighted by atomic mass is 16.3. The molecule has 0 saturated carbocycles. The van der Waals surface area contributed by atoms with Crippen LogP contribution >= 0.6 is 0 Å². The minimum atomic E-state index is 0.139. The van der Waals surface area contributed by atoms with Crippen molar-refractivity contribution in [1.29, 1.82) is 0 Å². The number of carbonyl (C=O) groups is 1. The summed E-state index contributed by atoms with van der Waals surface area (Å²) < 4.78 is 0. The first-order valence-electron chi connectivity index (χ1n) is 7.28. The maximum atomic E-state index is 11.9. The summed E-state index contributed by atoms with van der Waals surface area (Å²) in [5, 5.41) is 12.0. The quantitative estimate of drug-likeness (QED) is 0.723. The summed E-state index contributed by atoms with van der Waals surface area (Å²) in [6.07, 6.45) is 5.33. The normalized spacial score (nSPS) is 22.7. The van der Waals surface area contributed by atoms with Crippen molar-refractivity contribution < 1.29 is 9.90 Å². The molecule has 0 spiro atoms. The first-order chi connectivity index (χ1) is 8.65. The molecule has 2 N–H and O–H groups in total. The lowest BCUT2D eigenvalue weighted by atomic mass is 9.95. The van der Waals surface area contributed by atoms with Crippen molar-refractivity contribution in [3.05, 3.63) is 0 Å². The summed E-state index contributed by atoms with van der Waals surface area (Å²) in [7, 11) is 0. The van der Waals surface area contributed by atoms with Gasteiger partial charge in [-0.15, -0.1) is 0 Å². The minimum absolute atomic E-state index is 0.139. The van der Waals surface area contributed by atoms with Gasteiger partial charge in [-0.05, 0) is 45.1 Å². The van der Waals surface area contributed by atoms with Crippen molar-refractivity contribution in [2.24, 2.45) is 5.92 Å². The number of aliphatic hydroxyl groups excluding tert-OH is 1. The molecule has 1 rings (SSSR count). The third-order valence-electron chi connectivity index (χ3n) is 3.64. The Morgan fingerprint density at radius 3 is 3.00 bits per heavy atom. The van der Waals surface area contributed by atoms with Gasteiger partial charge in [0.25, 0.3) is 0 Å². The fourth-order valence-electron chi connectivity index (χ4n) is 2.74. The van der Waals surface area contributed by atoms with E-state index >= 15 is 0 Å². The predicted octanol–water partition coefficient (Wildman–Crippen LogP) is 1.39. The van der Waals surface area contributed by atoms with Gasteiger partial charge in [0, 0.05) is 19.2 Å². The summed E-state index contributed by atoms with van der Waals surface area (Å²) in [6, 6.07) is 0.278. The van der Waals surface area contributed by atoms with Gasteiger partial charge in [0.2, 0.25) is 5.91 Å². The summed E-state index contributed by atoms with van der Waals surface area (Å²) in [5.74, 6) is 0.699. The molecule has 2 unspecified atom stereocenters. The molecule has 4 nitrogen and oxygen atoms in total. The second-order valence-corrected chi connectivity index (χ2v) is 5.51. The Morgan fingerprint density at radius 2 is 2.33 bits per heavy atom. The fraction of sp³-hybridized carbons (Fsp3) is 0.929. The van der Waals surface area contributed by atoms with E-state index < -0.39 is 0 Å². The summed E-state index contributed by atoms with van der Waals surface area (Å²) >= 11 is 0. The zero-order valence-corrected chi connectivity index (χ0v) is 11.8. The van der Waals surface area contributed by atoms with E-state index in [1.807, 2.05) is 0 Å². The van der Waals surface area contributed by atoms with E-state index in [9.17, 15) is 4.79 Å². The van der Waals surface area contributed by atoms with Gasteiger partial charge in [-0.1, -0.05) is 13.3 Å². The van der Waals surface area contributed by atoms with Crippen LogP contribution in [-0.4, -0.2) is 48.2 Å². The molecule has 0 aromatic heterocycles. The summed E-state index contributed by atoms with van der Waals surface area (Å²) in [4.78, 5) is 14.1. The van der Waals surface area contributed by atoms with E-state index in [4.69, 9.17) is 5.11 Å². The molecule has 0 bridgehead atoms. The van der Waals surface area contributed by atoms with E-state index in [1.54, 1.807) is 0 Å². The Bertz CT molecular complexity index is 244. The number of nitrogens with zero attached hydrogens (tertiary/aromatic N) is 1. The van der Waals surface area contributed by atoms with Crippen LogP contribution in [0, 0.1) is 5.92 Å². The van der Waals surface area contributed by atoms with Crippen LogP contribution in [0.1, 0.15) is 46.0 Å². The molecule has 4 heteroatoms. The SMILES string of the molecule is CCCC(C)NC(=O)CN1CCCC(CCO)C1. The molecule has 0 radical (unpaired) electrons. The van der Waals surface area contributed by atoms with Crippen molar-refractivity contribution in [2.75, 3.05) is 26.2 Å². The van der Waals surface area contributed by atoms with Crippen molar-refractivity contribution in [2.45, 2.75) is 52.0 Å². The lowest BCUT2D eigenvalue weighted by Crippen LogP contribution is -2.44. The van der Waals surface area contributed by atoms with E-state index in [0.717, 1.165) is 38.8 Å². The van der Waals surface area contributed by atoms with Crippen LogP contribution < -0.4 is 5.32 Å². The Morgan fingerprint density at radius 1 is 1.56 bits per heavy atom. The topological polar surface area (TPSA) is 52.6 Å². The third-order valence-corrected chi connectivity index (χ3v) is 3.64. The van der Waals surface area contributed by atoms with Gasteiger partial charge < -0.3 is 10.4 Å². The number of nitrogens with one attached hydrogen (secondary N) is 1. The van der Waals surface area contributed by atoms with E-state index in [-0.39, 0.29) is 18.6 Å². The van der Waals surface area contributed by atoms with Crippen LogP contribution in [0.25, 0.3) is 0 Å². The van der Waals surface area contributed by atoms with Crippen LogP contribution in [0.2, 0.25) is 0 Å². The molecule has 0 aromatic carbocycles. The predicted molar refractivity (Wildman–Crippen MR) is 73.4 cm³/mol. The highest BCUT2D eigenvalue weighted by molar-refractivity contribution is 5.78. The van der Waals surface area contributed by atoms with Crippen LogP contribution in [0.4, 0.5) is 0 Å². The van der Waals surface area contributed by atoms with Crippen molar-refractivity contribution in [3.63, 3.8) is 0 Å². The largest absolute Gasteiger partial charge is 0.396 e. The molecule has 1 saturated heterocycles. The second kappa shape index (κ2) is 8.48. The maximum absolute atomic E-state index is 11.9. The minimum Gasteiger partial charge on any atom is -0.396 e. The number of hydrogen-bond donors (Lipinski definition) is 2. The monoisotopic (exact) mass is 256 g/mol. The van der Waals surface area contributed by atoms with E-state index in [2.05, 4.69) is 24.1 Å². The van der Waals surface area contributed by atoms with Gasteiger partial charge in [0.1, 0.15) is 0 Å². The van der Waals surface area contributed by atoms with Gasteiger partial charge in [-0.3, -0.25) is 9.69 Å². The summed E-state index contributed by atoms with van der Waals surface area (Å²) in [6.45, 7) is 6.93. The second-order valence-electron chi connectivity index (χ2n) is 5.51. The molecule has 0 aliphatic carbocycles. The van der Waals surface area contributed by atoms with Gasteiger partial charge in [-0.2, -0.15) is 0 Å². The van der Waals surface area contributed by atoms with Gasteiger partial charge in [-0.25, -0.2) is 0 Å². The van der Waals surface area contributed by atoms with Gasteiger partial charge in [0.05, 0.1) is 6.54 Å². The Balaban J connectivity index is 2.26. The zero-order chi connectivity index (χ0) is 13.4. The van der Waals surface area contributed by atoms with Crippen LogP contribution in [0.15, 0.2) is 0 Å². The van der Waals surface area contributed by atoms with E-state index in [1.165, 1.54) is 6.42 Å². The number of piperidine rings is 1. The zero-order valence-electron chi connectivity index (χ0n) is 11.8. The highest BCUT2D eigenvalue weighted by Crippen LogP contribution is 2.18. The number of rotatable bonds is 7. The molecular weight excluding hydrogens is 228 g/mol. The average Bonchev–Trinajstić information content (AvgIpc) is 2.29. The lowest BCUT2D eigenvalue weighted by Gasteiger charge is -2.32. The Kier molecular flexibility index (Phi) is 7.28. The van der Waals surface area contributed by atoms with Crippen LogP contribution in [0.5, 0.6) is 0 Å². The highest BCUT2D eigenvalue weighted by Gasteiger charge is 2.21.